The Kier molecular flexibility index (Phi) is 6.86. The van der Waals surface area contributed by atoms with E-state index in [0.29, 0.717) is 16.8 Å². The Hall–Kier alpha value is -1.05. The van der Waals surface area contributed by atoms with Gasteiger partial charge in [0.25, 0.3) is 5.75 Å². The van der Waals surface area contributed by atoms with Gasteiger partial charge >= 0.3 is 17.1 Å². The predicted molar refractivity (Wildman–Crippen MR) is 66.9 cm³/mol. The van der Waals surface area contributed by atoms with Crippen LogP contribution < -0.4 is 5.73 Å². The number of pyridine rings is 1. The number of hydrogen-bond acceptors (Lipinski definition) is 3. The van der Waals surface area contributed by atoms with Crippen molar-refractivity contribution in [2.24, 2.45) is 10.8 Å². The van der Waals surface area contributed by atoms with Crippen LogP contribution in [-0.4, -0.2) is 26.5 Å². The second kappa shape index (κ2) is 7.31. The average molecular weight is 305 g/mol. The van der Waals surface area contributed by atoms with Crippen LogP contribution in [0.15, 0.2) is 11.3 Å². The van der Waals surface area contributed by atoms with Crippen LogP contribution >= 0.6 is 0 Å². The number of nitrogens with two attached hydrogens (primary N) is 1. The summed E-state index contributed by atoms with van der Waals surface area (Å²) >= 11 is 3.74. The fourth-order valence-corrected chi connectivity index (χ4v) is 1.14. The summed E-state index contributed by atoms with van der Waals surface area (Å²) in [4.78, 5) is 3.97. The molecule has 1 aromatic heterocycles. The molecule has 0 saturated carbocycles. The van der Waals surface area contributed by atoms with E-state index in [1.165, 1.54) is 12.4 Å². The van der Waals surface area contributed by atoms with Crippen LogP contribution in [0.3, 0.4) is 0 Å². The summed E-state index contributed by atoms with van der Waals surface area (Å²) in [5.74, 6) is 0.211. The van der Waals surface area contributed by atoms with Gasteiger partial charge in [0.15, 0.2) is 17.3 Å². The number of aryl methyl sites for hydroxylation is 1. The second-order valence-electron chi connectivity index (χ2n) is 3.02. The van der Waals surface area contributed by atoms with Gasteiger partial charge in [0, 0.05) is 18.0 Å². The van der Waals surface area contributed by atoms with Crippen molar-refractivity contribution in [3.8, 4) is 5.75 Å². The molecule has 8 heteroatoms. The van der Waals surface area contributed by atoms with Gasteiger partial charge in [0.1, 0.15) is 5.69 Å². The number of rotatable bonds is 3. The van der Waals surface area contributed by atoms with Crippen LogP contribution in [0.1, 0.15) is 16.8 Å². The van der Waals surface area contributed by atoms with E-state index in [-0.39, 0.29) is 34.5 Å². The van der Waals surface area contributed by atoms with E-state index in [1.54, 1.807) is 6.92 Å². The van der Waals surface area contributed by atoms with Crippen molar-refractivity contribution in [2.45, 2.75) is 13.5 Å². The summed E-state index contributed by atoms with van der Waals surface area (Å²) in [5.41, 5.74) is 10.3. The van der Waals surface area contributed by atoms with Gasteiger partial charge in [-0.2, -0.15) is 0 Å². The molecule has 0 fully saturated rings. The number of aliphatic hydroxyl groups excluding tert-OH is 1. The Balaban J connectivity index is 0.00000256. The average Bonchev–Trinajstić information content (AvgIpc) is 2.24. The molecule has 0 bridgehead atoms. The molecule has 0 atom stereocenters. The predicted octanol–water partition coefficient (Wildman–Crippen LogP) is -0.649. The molecule has 17 heavy (non-hydrogen) atoms. The number of aliphatic hydroxyl groups is 1. The van der Waals surface area contributed by atoms with Crippen LogP contribution in [0.25, 0.3) is 5.43 Å². The summed E-state index contributed by atoms with van der Waals surface area (Å²) in [6, 6.07) is 0. The zero-order chi connectivity index (χ0) is 12.1. The van der Waals surface area contributed by atoms with E-state index >= 15 is 0 Å². The van der Waals surface area contributed by atoms with Crippen LogP contribution in [0, 0.1) is 6.92 Å². The van der Waals surface area contributed by atoms with E-state index in [2.05, 4.69) is 27.7 Å². The van der Waals surface area contributed by atoms with Crippen molar-refractivity contribution in [3.63, 3.8) is 0 Å². The molecule has 0 saturated heterocycles. The van der Waals surface area contributed by atoms with Gasteiger partial charge in [0.05, 0.1) is 12.2 Å². The molecule has 0 aromatic carbocycles. The smallest absolute Gasteiger partial charge is 0.592 e. The number of thiol groups is 1. The van der Waals surface area contributed by atoms with Crippen LogP contribution in [0.5, 0.6) is 5.75 Å². The Labute approximate surface area is 114 Å². The molecule has 95 valence electrons. The maximum Gasteiger partial charge on any atom is 2.00 e. The molecule has 0 amide bonds. The van der Waals surface area contributed by atoms with Gasteiger partial charge in [0.2, 0.25) is 0 Å². The zero-order valence-electron chi connectivity index (χ0n) is 8.98. The minimum atomic E-state index is -0.208. The molecule has 1 aromatic rings. The maximum absolute atomic E-state index is 9.08. The van der Waals surface area contributed by atoms with E-state index in [0.717, 1.165) is 0 Å². The third-order valence-corrected chi connectivity index (χ3v) is 2.00. The topological polar surface area (TPSA) is 108 Å². The first kappa shape index (κ1) is 15.9. The summed E-state index contributed by atoms with van der Waals surface area (Å²) in [6.45, 7) is 1.50. The molecule has 0 spiro atoms. The van der Waals surface area contributed by atoms with E-state index < -0.39 is 0 Å². The van der Waals surface area contributed by atoms with Crippen LogP contribution in [0.2, 0.25) is 0 Å². The Bertz CT molecular complexity index is 439. The van der Waals surface area contributed by atoms with E-state index in [1.807, 2.05) is 0 Å². The zero-order valence-corrected chi connectivity index (χ0v) is 10.8. The summed E-state index contributed by atoms with van der Waals surface area (Å²) in [5, 5.41) is 20.5. The first-order valence-electron chi connectivity index (χ1n) is 4.42. The molecule has 1 rings (SSSR count). The number of hydrogen-bond donors (Lipinski definition) is 2. The maximum atomic E-state index is 9.08. The summed E-state index contributed by atoms with van der Waals surface area (Å²) in [6.07, 6.45) is 2.86. The van der Waals surface area contributed by atoms with Gasteiger partial charge in [-0.25, -0.2) is 0 Å². The molecule has 5 N–H and O–H groups in total. The van der Waals surface area contributed by atoms with E-state index in [4.69, 9.17) is 15.9 Å². The van der Waals surface area contributed by atoms with Crippen molar-refractivity contribution >= 4 is 23.5 Å². The number of nitrogens with zero attached hydrogens (tertiary/aromatic N) is 3. The Morgan fingerprint density at radius 2 is 2.41 bits per heavy atom. The quantitative estimate of drug-likeness (QED) is 0.193. The van der Waals surface area contributed by atoms with Crippen molar-refractivity contribution in [2.75, 3.05) is 0 Å². The molecule has 0 unspecified atom stereocenters. The molecule has 1 heterocycles. The first-order chi connectivity index (χ1) is 7.56. The molecule has 0 aliphatic carbocycles. The summed E-state index contributed by atoms with van der Waals surface area (Å²) < 4.78 is 0. The van der Waals surface area contributed by atoms with E-state index in [9.17, 15) is 0 Å². The molecule has 0 aliphatic rings. The van der Waals surface area contributed by atoms with Crippen molar-refractivity contribution in [1.29, 1.82) is 0 Å². The van der Waals surface area contributed by atoms with Gasteiger partial charge in [-0.3, -0.25) is 10.7 Å². The normalized spacial score (nSPS) is 10.1. The molecular weight excluding hydrogens is 292 g/mol. The van der Waals surface area contributed by atoms with Gasteiger partial charge in [-0.15, -0.1) is 0 Å². The van der Waals surface area contributed by atoms with Crippen molar-refractivity contribution in [1.82, 2.24) is 4.98 Å². The van der Waals surface area contributed by atoms with Crippen molar-refractivity contribution in [3.05, 3.63) is 28.4 Å². The fourth-order valence-electron chi connectivity index (χ4n) is 1.08. The van der Waals surface area contributed by atoms with Gasteiger partial charge in [-0.1, -0.05) is 0 Å². The fraction of sp³-hybridized carbons (Fsp3) is 0.222. The van der Waals surface area contributed by atoms with Crippen LogP contribution in [-0.2, 0) is 35.9 Å². The van der Waals surface area contributed by atoms with Gasteiger partial charge in [-0.05, 0) is 6.92 Å². The SMILES string of the molecule is Cc1ncc(CO)c(C=N[N-]C(N)=[SH+])c1[OH2+].[Cu+2]. The standard InChI is InChI=1S/C9H12N4O2S.Cu/c1-5-8(15)7(3-12-13-9(10)16)6(4-14)2-11-5;/h2-3,14H,4H2,1H3,(H4,10,11,12,13,15,16);/q;+2/p+1. The Morgan fingerprint density at radius 3 is 2.94 bits per heavy atom. The van der Waals surface area contributed by atoms with Crippen LogP contribution in [0.4, 0.5) is 0 Å². The molecular formula is C9H13CuN4O2S+3. The monoisotopic (exact) mass is 304 g/mol. The minimum absolute atomic E-state index is 0. The summed E-state index contributed by atoms with van der Waals surface area (Å²) in [7, 11) is 0. The third kappa shape index (κ3) is 4.37. The van der Waals surface area contributed by atoms with Gasteiger partial charge < -0.3 is 20.7 Å². The third-order valence-electron chi connectivity index (χ3n) is 1.91. The van der Waals surface area contributed by atoms with Crippen molar-refractivity contribution < 1.29 is 27.3 Å². The molecule has 1 radical (unpaired) electrons. The minimum Gasteiger partial charge on any atom is -0.592 e. The molecule has 6 nitrogen and oxygen atoms in total. The first-order valence-corrected chi connectivity index (χ1v) is 4.87. The number of aromatic nitrogens is 1. The largest absolute Gasteiger partial charge is 2.00 e. The molecule has 0 aliphatic heterocycles. The Morgan fingerprint density at radius 1 is 1.76 bits per heavy atom. The second-order valence-corrected chi connectivity index (χ2v) is 3.48.